The first-order valence-electron chi connectivity index (χ1n) is 7.03. The van der Waals surface area contributed by atoms with Gasteiger partial charge in [0, 0.05) is 12.6 Å². The van der Waals surface area contributed by atoms with Crippen LogP contribution in [-0.2, 0) is 6.18 Å². The summed E-state index contributed by atoms with van der Waals surface area (Å²) < 4.78 is 38.4. The van der Waals surface area contributed by atoms with Crippen molar-refractivity contribution >= 4 is 0 Å². The van der Waals surface area contributed by atoms with E-state index in [0.29, 0.717) is 18.0 Å². The maximum atomic E-state index is 12.8. The van der Waals surface area contributed by atoms with Crippen LogP contribution in [0.5, 0.6) is 0 Å². The summed E-state index contributed by atoms with van der Waals surface area (Å²) in [6, 6.07) is 5.42. The third-order valence-electron chi connectivity index (χ3n) is 4.08. The number of benzene rings is 1. The van der Waals surface area contributed by atoms with Crippen molar-refractivity contribution in [3.05, 3.63) is 35.4 Å². The van der Waals surface area contributed by atoms with Gasteiger partial charge < -0.3 is 5.73 Å². The van der Waals surface area contributed by atoms with Crippen LogP contribution in [0.4, 0.5) is 13.2 Å². The molecule has 1 atom stereocenters. The molecule has 1 unspecified atom stereocenters. The first-order valence-corrected chi connectivity index (χ1v) is 7.03. The van der Waals surface area contributed by atoms with Crippen molar-refractivity contribution < 1.29 is 13.2 Å². The van der Waals surface area contributed by atoms with Gasteiger partial charge in [-0.3, -0.25) is 4.90 Å². The minimum atomic E-state index is -4.30. The normalized spacial score (nSPS) is 20.1. The molecule has 1 heterocycles. The van der Waals surface area contributed by atoms with Gasteiger partial charge in [0.15, 0.2) is 0 Å². The Labute approximate surface area is 117 Å². The Bertz CT molecular complexity index is 437. The predicted octanol–water partition coefficient (Wildman–Crippen LogP) is 3.44. The molecule has 0 aromatic heterocycles. The highest BCUT2D eigenvalue weighted by molar-refractivity contribution is 5.28. The molecule has 1 aliphatic heterocycles. The average molecular weight is 286 g/mol. The number of hydrogen-bond acceptors (Lipinski definition) is 2. The van der Waals surface area contributed by atoms with Crippen LogP contribution in [0.15, 0.2) is 24.3 Å². The highest BCUT2D eigenvalue weighted by Gasteiger charge is 2.31. The van der Waals surface area contributed by atoms with Gasteiger partial charge in [0.1, 0.15) is 0 Å². The molecule has 5 heteroatoms. The summed E-state index contributed by atoms with van der Waals surface area (Å²) in [5, 5.41) is 0. The zero-order valence-corrected chi connectivity index (χ0v) is 11.7. The summed E-state index contributed by atoms with van der Waals surface area (Å²) >= 11 is 0. The van der Waals surface area contributed by atoms with E-state index >= 15 is 0 Å². The lowest BCUT2D eigenvalue weighted by atomic mass is 9.95. The van der Waals surface area contributed by atoms with Crippen molar-refractivity contribution in [1.82, 2.24) is 4.90 Å². The van der Waals surface area contributed by atoms with Crippen LogP contribution in [0.25, 0.3) is 0 Å². The summed E-state index contributed by atoms with van der Waals surface area (Å²) in [5.74, 6) is 0.686. The number of hydrogen-bond donors (Lipinski definition) is 1. The van der Waals surface area contributed by atoms with Gasteiger partial charge >= 0.3 is 6.18 Å². The number of rotatable bonds is 3. The van der Waals surface area contributed by atoms with Crippen LogP contribution in [-0.4, -0.2) is 24.5 Å². The Balaban J connectivity index is 2.19. The fourth-order valence-corrected chi connectivity index (χ4v) is 2.76. The standard InChI is InChI=1S/C15H21F3N2/c1-11-5-7-20(8-6-11)14(10-19)12-3-2-4-13(9-12)15(16,17)18/h2-4,9,11,14H,5-8,10,19H2,1H3. The number of likely N-dealkylation sites (tertiary alicyclic amines) is 1. The van der Waals surface area contributed by atoms with Gasteiger partial charge in [-0.05, 0) is 49.5 Å². The molecule has 2 N–H and O–H groups in total. The van der Waals surface area contributed by atoms with Crippen molar-refractivity contribution in [1.29, 1.82) is 0 Å². The van der Waals surface area contributed by atoms with Crippen LogP contribution in [0.2, 0.25) is 0 Å². The summed E-state index contributed by atoms with van der Waals surface area (Å²) in [6.45, 7) is 4.35. The minimum Gasteiger partial charge on any atom is -0.329 e. The van der Waals surface area contributed by atoms with Gasteiger partial charge in [0.25, 0.3) is 0 Å². The molecule has 0 saturated carbocycles. The smallest absolute Gasteiger partial charge is 0.329 e. The van der Waals surface area contributed by atoms with E-state index in [4.69, 9.17) is 5.73 Å². The molecule has 0 amide bonds. The van der Waals surface area contributed by atoms with Crippen molar-refractivity contribution in [3.63, 3.8) is 0 Å². The maximum absolute atomic E-state index is 12.8. The zero-order chi connectivity index (χ0) is 14.8. The predicted molar refractivity (Wildman–Crippen MR) is 73.2 cm³/mol. The lowest BCUT2D eigenvalue weighted by Crippen LogP contribution is -2.39. The topological polar surface area (TPSA) is 29.3 Å². The first-order chi connectivity index (χ1) is 9.41. The Kier molecular flexibility index (Phi) is 4.70. The summed E-state index contributed by atoms with van der Waals surface area (Å²) in [5.41, 5.74) is 5.87. The van der Waals surface area contributed by atoms with E-state index in [1.807, 2.05) is 0 Å². The lowest BCUT2D eigenvalue weighted by Gasteiger charge is -2.36. The minimum absolute atomic E-state index is 0.121. The largest absolute Gasteiger partial charge is 0.416 e. The molecule has 112 valence electrons. The van der Waals surface area contributed by atoms with E-state index in [-0.39, 0.29) is 6.04 Å². The number of nitrogens with zero attached hydrogens (tertiary/aromatic N) is 1. The van der Waals surface area contributed by atoms with Crippen LogP contribution in [0, 0.1) is 5.92 Å². The molecule has 20 heavy (non-hydrogen) atoms. The Morgan fingerprint density at radius 2 is 1.95 bits per heavy atom. The number of halogens is 3. The van der Waals surface area contributed by atoms with Crippen molar-refractivity contribution in [2.24, 2.45) is 11.7 Å². The van der Waals surface area contributed by atoms with Crippen LogP contribution >= 0.6 is 0 Å². The molecule has 2 nitrogen and oxygen atoms in total. The summed E-state index contributed by atoms with van der Waals surface area (Å²) in [7, 11) is 0. The third kappa shape index (κ3) is 3.52. The highest BCUT2D eigenvalue weighted by Crippen LogP contribution is 2.32. The van der Waals surface area contributed by atoms with Gasteiger partial charge in [0.05, 0.1) is 5.56 Å². The van der Waals surface area contributed by atoms with E-state index in [0.717, 1.165) is 32.0 Å². The molecule has 1 aromatic rings. The molecule has 0 bridgehead atoms. The van der Waals surface area contributed by atoms with Crippen molar-refractivity contribution in [3.8, 4) is 0 Å². The first kappa shape index (κ1) is 15.3. The highest BCUT2D eigenvalue weighted by atomic mass is 19.4. The molecule has 0 spiro atoms. The average Bonchev–Trinajstić information content (AvgIpc) is 2.41. The van der Waals surface area contributed by atoms with Crippen molar-refractivity contribution in [2.75, 3.05) is 19.6 Å². The second kappa shape index (κ2) is 6.14. The zero-order valence-electron chi connectivity index (χ0n) is 11.7. The molecule has 1 aromatic carbocycles. The van der Waals surface area contributed by atoms with E-state index in [2.05, 4.69) is 11.8 Å². The second-order valence-electron chi connectivity index (χ2n) is 5.59. The quantitative estimate of drug-likeness (QED) is 0.922. The second-order valence-corrected chi connectivity index (χ2v) is 5.59. The molecule has 1 aliphatic rings. The van der Waals surface area contributed by atoms with Gasteiger partial charge in [-0.15, -0.1) is 0 Å². The molecular weight excluding hydrogens is 265 g/mol. The fraction of sp³-hybridized carbons (Fsp3) is 0.600. The monoisotopic (exact) mass is 286 g/mol. The van der Waals surface area contributed by atoms with Gasteiger partial charge in [-0.1, -0.05) is 19.1 Å². The van der Waals surface area contributed by atoms with E-state index in [9.17, 15) is 13.2 Å². The number of piperidine rings is 1. The molecule has 2 rings (SSSR count). The van der Waals surface area contributed by atoms with Crippen LogP contribution in [0.1, 0.15) is 36.9 Å². The Morgan fingerprint density at radius 1 is 1.30 bits per heavy atom. The fourth-order valence-electron chi connectivity index (χ4n) is 2.76. The van der Waals surface area contributed by atoms with E-state index < -0.39 is 11.7 Å². The lowest BCUT2D eigenvalue weighted by molar-refractivity contribution is -0.137. The van der Waals surface area contributed by atoms with Gasteiger partial charge in [0.2, 0.25) is 0 Å². The van der Waals surface area contributed by atoms with E-state index in [1.165, 1.54) is 12.1 Å². The molecule has 0 aliphatic carbocycles. The van der Waals surface area contributed by atoms with E-state index in [1.54, 1.807) is 6.07 Å². The van der Waals surface area contributed by atoms with Crippen molar-refractivity contribution in [2.45, 2.75) is 32.0 Å². The number of alkyl halides is 3. The maximum Gasteiger partial charge on any atom is 0.416 e. The van der Waals surface area contributed by atoms with Gasteiger partial charge in [-0.2, -0.15) is 13.2 Å². The van der Waals surface area contributed by atoms with Crippen LogP contribution in [0.3, 0.4) is 0 Å². The third-order valence-corrected chi connectivity index (χ3v) is 4.08. The number of nitrogens with two attached hydrogens (primary N) is 1. The molecular formula is C15H21F3N2. The summed E-state index contributed by atoms with van der Waals surface area (Å²) in [6.07, 6.45) is -2.14. The molecule has 1 fully saturated rings. The van der Waals surface area contributed by atoms with Crippen LogP contribution < -0.4 is 5.73 Å². The van der Waals surface area contributed by atoms with Gasteiger partial charge in [-0.25, -0.2) is 0 Å². The molecule has 1 saturated heterocycles. The summed E-state index contributed by atoms with van der Waals surface area (Å²) in [4.78, 5) is 2.20. The SMILES string of the molecule is CC1CCN(C(CN)c2cccc(C(F)(F)F)c2)CC1. The Hall–Kier alpha value is -1.07. The Morgan fingerprint density at radius 3 is 2.50 bits per heavy atom. The molecule has 0 radical (unpaired) electrons.